The first-order valence-corrected chi connectivity index (χ1v) is 2.75. The van der Waals surface area contributed by atoms with Gasteiger partial charge in [-0.05, 0) is 7.05 Å². The van der Waals surface area contributed by atoms with Crippen molar-refractivity contribution in [1.82, 2.24) is 4.90 Å². The van der Waals surface area contributed by atoms with Crippen LogP contribution in [-0.2, 0) is 0 Å². The molecule has 1 heterocycles. The van der Waals surface area contributed by atoms with Crippen LogP contribution < -0.4 is 0 Å². The molecule has 1 fully saturated rings. The van der Waals surface area contributed by atoms with E-state index >= 15 is 0 Å². The molecule has 1 saturated heterocycles. The third kappa shape index (κ3) is 0.992. The SMILES string of the molecule is CN1C[C@@H](O)[C@@H](O)C1. The van der Waals surface area contributed by atoms with E-state index in [1.807, 2.05) is 11.9 Å². The van der Waals surface area contributed by atoms with Gasteiger partial charge < -0.3 is 15.1 Å². The van der Waals surface area contributed by atoms with Crippen molar-refractivity contribution in [1.29, 1.82) is 0 Å². The molecule has 0 aromatic rings. The standard InChI is InChI=1S/C5H11NO2/c1-6-2-4(7)5(8)3-6/h4-5,7-8H,2-3H2,1H3/t4-,5+. The van der Waals surface area contributed by atoms with Crippen molar-refractivity contribution in [3.63, 3.8) is 0 Å². The Morgan fingerprint density at radius 1 is 1.25 bits per heavy atom. The van der Waals surface area contributed by atoms with Gasteiger partial charge in [0, 0.05) is 13.1 Å². The van der Waals surface area contributed by atoms with Crippen LogP contribution in [0.25, 0.3) is 0 Å². The van der Waals surface area contributed by atoms with Crippen molar-refractivity contribution in [2.24, 2.45) is 0 Å². The molecule has 0 aliphatic carbocycles. The van der Waals surface area contributed by atoms with Crippen LogP contribution in [0.5, 0.6) is 0 Å². The fourth-order valence-corrected chi connectivity index (χ4v) is 0.957. The molecule has 2 atom stereocenters. The minimum Gasteiger partial charge on any atom is -0.389 e. The number of rotatable bonds is 0. The van der Waals surface area contributed by atoms with E-state index in [0.29, 0.717) is 13.1 Å². The Labute approximate surface area is 48.5 Å². The zero-order valence-electron chi connectivity index (χ0n) is 4.91. The Morgan fingerprint density at radius 2 is 1.62 bits per heavy atom. The second-order valence-corrected chi connectivity index (χ2v) is 2.36. The topological polar surface area (TPSA) is 43.7 Å². The molecule has 1 aliphatic heterocycles. The van der Waals surface area contributed by atoms with Crippen LogP contribution in [0, 0.1) is 0 Å². The average Bonchev–Trinajstić information content (AvgIpc) is 1.85. The Bertz CT molecular complexity index is 76.5. The van der Waals surface area contributed by atoms with Crippen molar-refractivity contribution in [3.05, 3.63) is 0 Å². The summed E-state index contributed by atoms with van der Waals surface area (Å²) >= 11 is 0. The van der Waals surface area contributed by atoms with Gasteiger partial charge in [0.15, 0.2) is 0 Å². The van der Waals surface area contributed by atoms with Crippen LogP contribution in [0.2, 0.25) is 0 Å². The van der Waals surface area contributed by atoms with Gasteiger partial charge in [-0.2, -0.15) is 0 Å². The summed E-state index contributed by atoms with van der Waals surface area (Å²) < 4.78 is 0. The van der Waals surface area contributed by atoms with E-state index in [2.05, 4.69) is 0 Å². The van der Waals surface area contributed by atoms with Crippen LogP contribution in [-0.4, -0.2) is 47.5 Å². The van der Waals surface area contributed by atoms with Gasteiger partial charge in [0.2, 0.25) is 0 Å². The average molecular weight is 117 g/mol. The summed E-state index contributed by atoms with van der Waals surface area (Å²) in [4.78, 5) is 1.90. The fraction of sp³-hybridized carbons (Fsp3) is 1.00. The molecule has 1 aliphatic rings. The van der Waals surface area contributed by atoms with Gasteiger partial charge >= 0.3 is 0 Å². The maximum absolute atomic E-state index is 8.88. The van der Waals surface area contributed by atoms with E-state index in [4.69, 9.17) is 10.2 Å². The molecule has 2 N–H and O–H groups in total. The lowest BCUT2D eigenvalue weighted by Crippen LogP contribution is -2.22. The normalized spacial score (nSPS) is 40.9. The van der Waals surface area contributed by atoms with Crippen molar-refractivity contribution in [2.75, 3.05) is 20.1 Å². The zero-order chi connectivity index (χ0) is 6.15. The van der Waals surface area contributed by atoms with Crippen molar-refractivity contribution in [2.45, 2.75) is 12.2 Å². The number of nitrogens with zero attached hydrogens (tertiary/aromatic N) is 1. The van der Waals surface area contributed by atoms with Gasteiger partial charge in [-0.3, -0.25) is 0 Å². The van der Waals surface area contributed by atoms with E-state index in [1.54, 1.807) is 0 Å². The van der Waals surface area contributed by atoms with Gasteiger partial charge in [0.05, 0.1) is 12.2 Å². The molecule has 1 rings (SSSR count). The summed E-state index contributed by atoms with van der Waals surface area (Å²) in [6, 6.07) is 0. The van der Waals surface area contributed by atoms with E-state index in [0.717, 1.165) is 0 Å². The van der Waals surface area contributed by atoms with Crippen LogP contribution in [0.3, 0.4) is 0 Å². The first-order chi connectivity index (χ1) is 3.70. The van der Waals surface area contributed by atoms with Crippen LogP contribution in [0.4, 0.5) is 0 Å². The Kier molecular flexibility index (Phi) is 1.51. The highest BCUT2D eigenvalue weighted by Crippen LogP contribution is 2.05. The van der Waals surface area contributed by atoms with Crippen LogP contribution in [0.1, 0.15) is 0 Å². The monoisotopic (exact) mass is 117 g/mol. The molecule has 0 aromatic carbocycles. The largest absolute Gasteiger partial charge is 0.389 e. The molecular formula is C5H11NO2. The van der Waals surface area contributed by atoms with Gasteiger partial charge in [-0.15, -0.1) is 0 Å². The minimum atomic E-state index is -0.528. The van der Waals surface area contributed by atoms with Crippen molar-refractivity contribution in [3.8, 4) is 0 Å². The third-order valence-electron chi connectivity index (χ3n) is 1.44. The molecule has 0 saturated carbocycles. The molecule has 3 nitrogen and oxygen atoms in total. The molecule has 0 bridgehead atoms. The highest BCUT2D eigenvalue weighted by atomic mass is 16.3. The first kappa shape index (κ1) is 6.01. The number of hydrogen-bond donors (Lipinski definition) is 2. The maximum Gasteiger partial charge on any atom is 0.0938 e. The predicted octanol–water partition coefficient (Wildman–Crippen LogP) is -1.35. The van der Waals surface area contributed by atoms with Crippen LogP contribution >= 0.6 is 0 Å². The van der Waals surface area contributed by atoms with Gasteiger partial charge in [-0.1, -0.05) is 0 Å². The minimum absolute atomic E-state index is 0.528. The highest BCUT2D eigenvalue weighted by molar-refractivity contribution is 4.80. The third-order valence-corrected chi connectivity index (χ3v) is 1.44. The van der Waals surface area contributed by atoms with E-state index < -0.39 is 12.2 Å². The first-order valence-electron chi connectivity index (χ1n) is 2.75. The molecule has 8 heavy (non-hydrogen) atoms. The second-order valence-electron chi connectivity index (χ2n) is 2.36. The van der Waals surface area contributed by atoms with E-state index in [9.17, 15) is 0 Å². The second kappa shape index (κ2) is 2.01. The number of β-amino-alcohol motifs (C(OH)–C–C–N with tert-alkyl or cyclic N) is 2. The van der Waals surface area contributed by atoms with Gasteiger partial charge in [0.1, 0.15) is 0 Å². The van der Waals surface area contributed by atoms with E-state index in [1.165, 1.54) is 0 Å². The lowest BCUT2D eigenvalue weighted by atomic mass is 10.3. The summed E-state index contributed by atoms with van der Waals surface area (Å²) in [7, 11) is 1.87. The predicted molar refractivity (Wildman–Crippen MR) is 29.5 cm³/mol. The lowest BCUT2D eigenvalue weighted by molar-refractivity contribution is 0.0572. The highest BCUT2D eigenvalue weighted by Gasteiger charge is 2.26. The molecular weight excluding hydrogens is 106 g/mol. The molecule has 0 radical (unpaired) electrons. The van der Waals surface area contributed by atoms with Gasteiger partial charge in [0.25, 0.3) is 0 Å². The lowest BCUT2D eigenvalue weighted by Gasteiger charge is -2.02. The molecule has 0 aromatic heterocycles. The Morgan fingerprint density at radius 3 is 1.75 bits per heavy atom. The summed E-state index contributed by atoms with van der Waals surface area (Å²) in [5.41, 5.74) is 0. The maximum atomic E-state index is 8.88. The summed E-state index contributed by atoms with van der Waals surface area (Å²) in [6.07, 6.45) is -1.06. The van der Waals surface area contributed by atoms with Crippen molar-refractivity contribution >= 4 is 0 Å². The molecule has 0 spiro atoms. The Balaban J connectivity index is 2.39. The fourth-order valence-electron chi connectivity index (χ4n) is 0.957. The van der Waals surface area contributed by atoms with E-state index in [-0.39, 0.29) is 0 Å². The smallest absolute Gasteiger partial charge is 0.0938 e. The van der Waals surface area contributed by atoms with Gasteiger partial charge in [-0.25, -0.2) is 0 Å². The Hall–Kier alpha value is -0.120. The molecule has 48 valence electrons. The van der Waals surface area contributed by atoms with Crippen LogP contribution in [0.15, 0.2) is 0 Å². The summed E-state index contributed by atoms with van der Waals surface area (Å²) in [5, 5.41) is 17.8. The summed E-state index contributed by atoms with van der Waals surface area (Å²) in [5.74, 6) is 0. The quantitative estimate of drug-likeness (QED) is 0.412. The number of likely N-dealkylation sites (tertiary alicyclic amines) is 1. The number of likely N-dealkylation sites (N-methyl/N-ethyl adjacent to an activating group) is 1. The molecule has 0 unspecified atom stereocenters. The number of aliphatic hydroxyl groups excluding tert-OH is 2. The number of aliphatic hydroxyl groups is 2. The van der Waals surface area contributed by atoms with Crippen molar-refractivity contribution < 1.29 is 10.2 Å². The molecule has 3 heteroatoms. The zero-order valence-corrected chi connectivity index (χ0v) is 4.91. The summed E-state index contributed by atoms with van der Waals surface area (Å²) in [6.45, 7) is 1.20. The molecule has 0 amide bonds. The number of hydrogen-bond acceptors (Lipinski definition) is 3.